The van der Waals surface area contributed by atoms with Crippen LogP contribution in [-0.2, 0) is 11.3 Å². The van der Waals surface area contributed by atoms with Crippen LogP contribution in [0.5, 0.6) is 0 Å². The minimum atomic E-state index is 0.505. The Morgan fingerprint density at radius 1 is 1.35 bits per heavy atom. The van der Waals surface area contributed by atoms with Crippen LogP contribution < -0.4 is 5.32 Å². The van der Waals surface area contributed by atoms with Crippen molar-refractivity contribution in [3.63, 3.8) is 0 Å². The average Bonchev–Trinajstić information content (AvgIpc) is 3.34. The zero-order valence-corrected chi connectivity index (χ0v) is 15.6. The molecule has 1 aromatic carbocycles. The number of aromatic nitrogens is 1. The number of hydrogen-bond acceptors (Lipinski definition) is 4. The number of aliphatic imine (C=N–C) groups is 1. The summed E-state index contributed by atoms with van der Waals surface area (Å²) in [5.41, 5.74) is 1.82. The molecular weight excluding hydrogens is 328 g/mol. The van der Waals surface area contributed by atoms with Gasteiger partial charge in [0, 0.05) is 37.7 Å². The molecule has 1 N–H and O–H groups in total. The van der Waals surface area contributed by atoms with Crippen LogP contribution in [0.4, 0.5) is 0 Å². The molecule has 1 aliphatic heterocycles. The van der Waals surface area contributed by atoms with Crippen LogP contribution in [0.1, 0.15) is 26.0 Å². The lowest BCUT2D eigenvalue weighted by Gasteiger charge is -2.21. The van der Waals surface area contributed by atoms with Gasteiger partial charge in [0.2, 0.25) is 5.89 Å². The lowest BCUT2D eigenvalue weighted by Crippen LogP contribution is -2.40. The van der Waals surface area contributed by atoms with Crippen molar-refractivity contribution in [2.24, 2.45) is 10.9 Å². The Labute approximate surface area is 155 Å². The summed E-state index contributed by atoms with van der Waals surface area (Å²) in [6, 6.07) is 9.92. The predicted octanol–water partition coefficient (Wildman–Crippen LogP) is 3.17. The summed E-state index contributed by atoms with van der Waals surface area (Å²) in [5, 5.41) is 3.39. The first-order valence-electron chi connectivity index (χ1n) is 9.41. The Balaban J connectivity index is 1.62. The summed E-state index contributed by atoms with van der Waals surface area (Å²) in [5.74, 6) is 2.16. The highest BCUT2D eigenvalue weighted by atomic mass is 16.5. The average molecular weight is 356 g/mol. The largest absolute Gasteiger partial charge is 0.444 e. The van der Waals surface area contributed by atoms with Gasteiger partial charge in [-0.25, -0.2) is 9.98 Å². The van der Waals surface area contributed by atoms with E-state index in [-0.39, 0.29) is 0 Å². The lowest BCUT2D eigenvalue weighted by atomic mass is 10.1. The number of oxazole rings is 1. The van der Waals surface area contributed by atoms with Crippen LogP contribution in [0.3, 0.4) is 0 Å². The molecule has 1 fully saturated rings. The minimum absolute atomic E-state index is 0.505. The van der Waals surface area contributed by atoms with Crippen LogP contribution in [0, 0.1) is 5.92 Å². The molecule has 1 atom stereocenters. The van der Waals surface area contributed by atoms with Crippen LogP contribution in [-0.4, -0.2) is 48.7 Å². The molecule has 0 radical (unpaired) electrons. The van der Waals surface area contributed by atoms with Gasteiger partial charge >= 0.3 is 0 Å². The second-order valence-electron chi connectivity index (χ2n) is 6.44. The van der Waals surface area contributed by atoms with Gasteiger partial charge in [0.25, 0.3) is 0 Å². The zero-order valence-electron chi connectivity index (χ0n) is 15.6. The van der Waals surface area contributed by atoms with Crippen molar-refractivity contribution in [2.75, 3.05) is 32.8 Å². The summed E-state index contributed by atoms with van der Waals surface area (Å²) >= 11 is 0. The van der Waals surface area contributed by atoms with Crippen molar-refractivity contribution in [3.05, 3.63) is 42.3 Å². The molecule has 1 aliphatic rings. The Hall–Kier alpha value is -2.34. The van der Waals surface area contributed by atoms with Gasteiger partial charge in [-0.15, -0.1) is 0 Å². The zero-order chi connectivity index (χ0) is 18.2. The third-order valence-corrected chi connectivity index (χ3v) is 4.44. The van der Waals surface area contributed by atoms with E-state index in [1.165, 1.54) is 0 Å². The topological polar surface area (TPSA) is 62.9 Å². The van der Waals surface area contributed by atoms with E-state index in [0.29, 0.717) is 18.4 Å². The molecule has 2 aromatic rings. The minimum Gasteiger partial charge on any atom is -0.444 e. The van der Waals surface area contributed by atoms with Gasteiger partial charge in [-0.1, -0.05) is 18.2 Å². The van der Waals surface area contributed by atoms with E-state index in [1.54, 1.807) is 6.26 Å². The number of hydrogen-bond donors (Lipinski definition) is 1. The first-order chi connectivity index (χ1) is 12.8. The van der Waals surface area contributed by atoms with E-state index in [4.69, 9.17) is 14.1 Å². The first-order valence-corrected chi connectivity index (χ1v) is 9.41. The van der Waals surface area contributed by atoms with Crippen LogP contribution in [0.2, 0.25) is 0 Å². The van der Waals surface area contributed by atoms with Gasteiger partial charge in [0.15, 0.2) is 5.96 Å². The number of rotatable bonds is 7. The molecule has 140 valence electrons. The molecule has 0 saturated carbocycles. The number of nitrogens with one attached hydrogen (secondary N) is 1. The van der Waals surface area contributed by atoms with Crippen molar-refractivity contribution in [1.29, 1.82) is 0 Å². The van der Waals surface area contributed by atoms with Gasteiger partial charge in [-0.05, 0) is 32.4 Å². The molecule has 1 unspecified atom stereocenters. The molecule has 2 heterocycles. The van der Waals surface area contributed by atoms with Crippen molar-refractivity contribution in [3.8, 4) is 11.5 Å². The molecule has 0 bridgehead atoms. The second kappa shape index (κ2) is 9.38. The highest BCUT2D eigenvalue weighted by Gasteiger charge is 2.24. The van der Waals surface area contributed by atoms with E-state index in [1.807, 2.05) is 37.3 Å². The van der Waals surface area contributed by atoms with Crippen molar-refractivity contribution >= 4 is 5.96 Å². The predicted molar refractivity (Wildman–Crippen MR) is 103 cm³/mol. The highest BCUT2D eigenvalue weighted by molar-refractivity contribution is 5.80. The molecule has 1 aromatic heterocycles. The van der Waals surface area contributed by atoms with E-state index in [9.17, 15) is 0 Å². The number of likely N-dealkylation sites (tertiary alicyclic amines) is 1. The number of guanidine groups is 1. The molecular formula is C20H28N4O2. The summed E-state index contributed by atoms with van der Waals surface area (Å²) in [6.45, 7) is 9.09. The fourth-order valence-corrected chi connectivity index (χ4v) is 3.12. The van der Waals surface area contributed by atoms with Gasteiger partial charge in [-0.3, -0.25) is 0 Å². The van der Waals surface area contributed by atoms with Gasteiger partial charge in [0.1, 0.15) is 12.0 Å². The quantitative estimate of drug-likeness (QED) is 0.610. The normalized spacial score (nSPS) is 17.7. The summed E-state index contributed by atoms with van der Waals surface area (Å²) in [6.07, 6.45) is 2.84. The van der Waals surface area contributed by atoms with Crippen molar-refractivity contribution in [2.45, 2.75) is 26.8 Å². The van der Waals surface area contributed by atoms with Crippen LogP contribution >= 0.6 is 0 Å². The Bertz CT molecular complexity index is 699. The Morgan fingerprint density at radius 3 is 2.96 bits per heavy atom. The Morgan fingerprint density at radius 2 is 2.19 bits per heavy atom. The molecule has 0 aliphatic carbocycles. The smallest absolute Gasteiger partial charge is 0.226 e. The fraction of sp³-hybridized carbons (Fsp3) is 0.500. The highest BCUT2D eigenvalue weighted by Crippen LogP contribution is 2.19. The Kier molecular flexibility index (Phi) is 6.66. The van der Waals surface area contributed by atoms with Crippen LogP contribution in [0.15, 0.2) is 46.0 Å². The monoisotopic (exact) mass is 356 g/mol. The molecule has 3 rings (SSSR count). The van der Waals surface area contributed by atoms with E-state index in [0.717, 1.165) is 56.5 Å². The van der Waals surface area contributed by atoms with Gasteiger partial charge < -0.3 is 19.4 Å². The van der Waals surface area contributed by atoms with Crippen molar-refractivity contribution < 1.29 is 9.15 Å². The lowest BCUT2D eigenvalue weighted by molar-refractivity contribution is 0.114. The maximum absolute atomic E-state index is 5.60. The molecule has 6 heteroatoms. The summed E-state index contributed by atoms with van der Waals surface area (Å²) < 4.78 is 11.2. The maximum Gasteiger partial charge on any atom is 0.226 e. The number of benzene rings is 1. The first kappa shape index (κ1) is 18.5. The van der Waals surface area contributed by atoms with Crippen LogP contribution in [0.25, 0.3) is 11.5 Å². The third kappa shape index (κ3) is 4.85. The maximum atomic E-state index is 5.60. The standard InChI is InChI=1S/C20H28N4O2/c1-3-21-20(24-11-10-16(13-24)14-25-4-2)22-12-18-15-26-19(23-18)17-8-6-5-7-9-17/h5-9,15-16H,3-4,10-14H2,1-2H3,(H,21,22). The number of ether oxygens (including phenoxy) is 1. The summed E-state index contributed by atoms with van der Waals surface area (Å²) in [7, 11) is 0. The molecule has 0 amide bonds. The molecule has 1 saturated heterocycles. The van der Waals surface area contributed by atoms with Crippen molar-refractivity contribution in [1.82, 2.24) is 15.2 Å². The third-order valence-electron chi connectivity index (χ3n) is 4.44. The SMILES string of the molecule is CCNC(=NCc1coc(-c2ccccc2)n1)N1CCC(COCC)C1. The number of nitrogens with zero attached hydrogens (tertiary/aromatic N) is 3. The van der Waals surface area contributed by atoms with E-state index < -0.39 is 0 Å². The molecule has 6 nitrogen and oxygen atoms in total. The van der Waals surface area contributed by atoms with E-state index >= 15 is 0 Å². The van der Waals surface area contributed by atoms with E-state index in [2.05, 4.69) is 22.1 Å². The van der Waals surface area contributed by atoms with Gasteiger partial charge in [0.05, 0.1) is 13.2 Å². The summed E-state index contributed by atoms with van der Waals surface area (Å²) in [4.78, 5) is 11.6. The second-order valence-corrected chi connectivity index (χ2v) is 6.44. The fourth-order valence-electron chi connectivity index (χ4n) is 3.12. The van der Waals surface area contributed by atoms with Gasteiger partial charge in [-0.2, -0.15) is 0 Å². The molecule has 0 spiro atoms. The molecule has 26 heavy (non-hydrogen) atoms.